The Morgan fingerprint density at radius 3 is 3.00 bits per heavy atom. The molecule has 0 aromatic carbocycles. The summed E-state index contributed by atoms with van der Waals surface area (Å²) in [5.41, 5.74) is 0.196. The quantitative estimate of drug-likeness (QED) is 0.601. The molecule has 6 heteroatoms. The van der Waals surface area contributed by atoms with Gasteiger partial charge in [0.2, 0.25) is 5.43 Å². The van der Waals surface area contributed by atoms with Crippen LogP contribution in [0.4, 0.5) is 0 Å². The Kier molecular flexibility index (Phi) is 3.92. The van der Waals surface area contributed by atoms with Gasteiger partial charge in [-0.25, -0.2) is 4.68 Å². The molecule has 2 rings (SSSR count). The lowest BCUT2D eigenvalue weighted by molar-refractivity contribution is 0.0994. The van der Waals surface area contributed by atoms with Crippen LogP contribution < -0.4 is 5.43 Å². The second kappa shape index (κ2) is 5.81. The number of hydrogen-bond donors (Lipinski definition) is 0. The van der Waals surface area contributed by atoms with Crippen molar-refractivity contribution in [2.75, 3.05) is 7.05 Å². The van der Waals surface area contributed by atoms with E-state index in [0.717, 1.165) is 0 Å². The summed E-state index contributed by atoms with van der Waals surface area (Å²) < 4.78 is 1.45. The van der Waals surface area contributed by atoms with Gasteiger partial charge in [0, 0.05) is 38.1 Å². The molecule has 0 saturated heterocycles. The molecule has 2 aromatic rings. The molecule has 0 aliphatic carbocycles. The zero-order chi connectivity index (χ0) is 13.7. The molecule has 0 aliphatic heterocycles. The van der Waals surface area contributed by atoms with Gasteiger partial charge in [-0.15, -0.1) is 0 Å². The second-order valence-electron chi connectivity index (χ2n) is 3.75. The Morgan fingerprint density at radius 1 is 1.47 bits per heavy atom. The average molecular weight is 256 g/mol. The van der Waals surface area contributed by atoms with E-state index in [1.54, 1.807) is 31.6 Å². The predicted molar refractivity (Wildman–Crippen MR) is 71.0 cm³/mol. The van der Waals surface area contributed by atoms with E-state index in [1.165, 1.54) is 23.2 Å². The molecule has 96 valence electrons. The van der Waals surface area contributed by atoms with Crippen LogP contribution in [-0.2, 0) is 0 Å². The monoisotopic (exact) mass is 256 g/mol. The topological polar surface area (TPSA) is 77.2 Å². The van der Waals surface area contributed by atoms with Crippen molar-refractivity contribution in [2.45, 2.75) is 6.42 Å². The van der Waals surface area contributed by atoms with Crippen molar-refractivity contribution >= 4 is 12.0 Å². The van der Waals surface area contributed by atoms with Crippen LogP contribution >= 0.6 is 0 Å². The van der Waals surface area contributed by atoms with Crippen molar-refractivity contribution in [3.63, 3.8) is 0 Å². The molecular weight excluding hydrogens is 244 g/mol. The predicted octanol–water partition coefficient (Wildman–Crippen LogP) is 0.901. The first-order valence-corrected chi connectivity index (χ1v) is 5.66. The number of pyridine rings is 1. The van der Waals surface area contributed by atoms with E-state index in [4.69, 9.17) is 0 Å². The molecule has 0 radical (unpaired) electrons. The number of aromatic nitrogens is 3. The highest BCUT2D eigenvalue weighted by Crippen LogP contribution is 2.02. The SMILES string of the molecule is CN=CCC(=O)c1nn(-c2cccnc2)ccc1=O. The molecule has 0 amide bonds. The van der Waals surface area contributed by atoms with Crippen molar-refractivity contribution in [1.82, 2.24) is 14.8 Å². The molecule has 0 bridgehead atoms. The summed E-state index contributed by atoms with van der Waals surface area (Å²) >= 11 is 0. The number of rotatable bonds is 4. The largest absolute Gasteiger partial charge is 0.300 e. The lowest BCUT2D eigenvalue weighted by Gasteiger charge is -2.05. The van der Waals surface area contributed by atoms with Crippen LogP contribution in [0, 0.1) is 0 Å². The minimum Gasteiger partial charge on any atom is -0.300 e. The van der Waals surface area contributed by atoms with Gasteiger partial charge in [0.25, 0.3) is 0 Å². The standard InChI is InChI=1S/C13H12N4O2/c1-14-7-4-11(18)13-12(19)5-8-17(16-13)10-3-2-6-15-9-10/h2-3,5-9H,4H2,1H3. The van der Waals surface area contributed by atoms with Crippen molar-refractivity contribution in [3.8, 4) is 5.69 Å². The van der Waals surface area contributed by atoms with Crippen LogP contribution in [-0.4, -0.2) is 33.8 Å². The van der Waals surface area contributed by atoms with Crippen molar-refractivity contribution in [1.29, 1.82) is 0 Å². The fourth-order valence-electron chi connectivity index (χ4n) is 1.50. The van der Waals surface area contributed by atoms with Crippen LogP contribution in [0.15, 0.2) is 46.6 Å². The zero-order valence-electron chi connectivity index (χ0n) is 10.4. The van der Waals surface area contributed by atoms with Gasteiger partial charge in [-0.1, -0.05) is 0 Å². The van der Waals surface area contributed by atoms with Crippen LogP contribution in [0.25, 0.3) is 5.69 Å². The summed E-state index contributed by atoms with van der Waals surface area (Å²) in [6.45, 7) is 0. The third kappa shape index (κ3) is 2.98. The third-order valence-corrected chi connectivity index (χ3v) is 2.44. The lowest BCUT2D eigenvalue weighted by Crippen LogP contribution is -2.20. The molecule has 0 atom stereocenters. The number of carbonyl (C=O) groups excluding carboxylic acids is 1. The van der Waals surface area contributed by atoms with Crippen LogP contribution in [0.5, 0.6) is 0 Å². The highest BCUT2D eigenvalue weighted by Gasteiger charge is 2.12. The maximum absolute atomic E-state index is 11.8. The number of Topliss-reactive ketones (excluding diaryl/α,β-unsaturated/α-hetero) is 1. The summed E-state index contributed by atoms with van der Waals surface area (Å²) in [7, 11) is 1.57. The molecule has 0 saturated carbocycles. The van der Waals surface area contributed by atoms with E-state index in [0.29, 0.717) is 5.69 Å². The summed E-state index contributed by atoms with van der Waals surface area (Å²) in [5.74, 6) is -0.353. The van der Waals surface area contributed by atoms with Crippen molar-refractivity contribution in [3.05, 3.63) is 52.7 Å². The summed E-state index contributed by atoms with van der Waals surface area (Å²) in [4.78, 5) is 31.2. The fraction of sp³-hybridized carbons (Fsp3) is 0.154. The van der Waals surface area contributed by atoms with E-state index < -0.39 is 5.43 Å². The molecule has 0 N–H and O–H groups in total. The molecule has 0 spiro atoms. The van der Waals surface area contributed by atoms with Crippen molar-refractivity contribution in [2.24, 2.45) is 4.99 Å². The maximum atomic E-state index is 11.8. The molecular formula is C13H12N4O2. The Hall–Kier alpha value is -2.63. The first kappa shape index (κ1) is 12.8. The van der Waals surface area contributed by atoms with Crippen molar-refractivity contribution < 1.29 is 4.79 Å². The first-order valence-electron chi connectivity index (χ1n) is 5.66. The number of carbonyl (C=O) groups is 1. The summed E-state index contributed by atoms with van der Waals surface area (Å²) in [5, 5.41) is 4.05. The molecule has 19 heavy (non-hydrogen) atoms. The van der Waals surface area contributed by atoms with E-state index in [-0.39, 0.29) is 17.9 Å². The molecule has 6 nitrogen and oxygen atoms in total. The third-order valence-electron chi connectivity index (χ3n) is 2.44. The van der Waals surface area contributed by atoms with Gasteiger partial charge in [0.05, 0.1) is 11.9 Å². The van der Waals surface area contributed by atoms with E-state index in [2.05, 4.69) is 15.1 Å². The first-order chi connectivity index (χ1) is 9.22. The highest BCUT2D eigenvalue weighted by atomic mass is 16.1. The van der Waals surface area contributed by atoms with E-state index >= 15 is 0 Å². The van der Waals surface area contributed by atoms with Crippen LogP contribution in [0.1, 0.15) is 16.9 Å². The minimum atomic E-state index is -0.394. The number of nitrogens with zero attached hydrogens (tertiary/aromatic N) is 4. The fourth-order valence-corrected chi connectivity index (χ4v) is 1.50. The van der Waals surface area contributed by atoms with Gasteiger partial charge in [-0.3, -0.25) is 14.6 Å². The van der Waals surface area contributed by atoms with E-state index in [9.17, 15) is 9.59 Å². The Balaban J connectivity index is 2.40. The lowest BCUT2D eigenvalue weighted by atomic mass is 10.2. The van der Waals surface area contributed by atoms with Gasteiger partial charge < -0.3 is 4.99 Å². The number of ketones is 1. The highest BCUT2D eigenvalue weighted by molar-refractivity contribution is 6.02. The van der Waals surface area contributed by atoms with Crippen LogP contribution in [0.3, 0.4) is 0 Å². The minimum absolute atomic E-state index is 0.0653. The molecule has 0 fully saturated rings. The maximum Gasteiger partial charge on any atom is 0.211 e. The normalized spacial score (nSPS) is 10.8. The Bertz CT molecular complexity index is 662. The number of aliphatic imine (C=N–C) groups is 1. The molecule has 0 unspecified atom stereocenters. The van der Waals surface area contributed by atoms with Gasteiger partial charge in [-0.2, -0.15) is 5.10 Å². The van der Waals surface area contributed by atoms with E-state index in [1.807, 2.05) is 0 Å². The Labute approximate surface area is 109 Å². The summed E-state index contributed by atoms with van der Waals surface area (Å²) in [6, 6.07) is 4.85. The molecule has 2 heterocycles. The van der Waals surface area contributed by atoms with Gasteiger partial charge in [0.1, 0.15) is 0 Å². The average Bonchev–Trinajstić information content (AvgIpc) is 2.46. The summed E-state index contributed by atoms with van der Waals surface area (Å²) in [6.07, 6.45) is 6.25. The number of hydrogen-bond acceptors (Lipinski definition) is 5. The van der Waals surface area contributed by atoms with Gasteiger partial charge in [-0.05, 0) is 12.1 Å². The zero-order valence-corrected chi connectivity index (χ0v) is 10.4. The molecule has 0 aliphatic rings. The smallest absolute Gasteiger partial charge is 0.211 e. The van der Waals surface area contributed by atoms with Gasteiger partial charge in [0.15, 0.2) is 11.5 Å². The molecule has 2 aromatic heterocycles. The second-order valence-corrected chi connectivity index (χ2v) is 3.75. The van der Waals surface area contributed by atoms with Crippen LogP contribution in [0.2, 0.25) is 0 Å². The van der Waals surface area contributed by atoms with Gasteiger partial charge >= 0.3 is 0 Å². The Morgan fingerprint density at radius 2 is 2.32 bits per heavy atom.